The van der Waals surface area contributed by atoms with Crippen LogP contribution in [-0.4, -0.2) is 27.2 Å². The van der Waals surface area contributed by atoms with Crippen molar-refractivity contribution in [1.82, 2.24) is 14.9 Å². The van der Waals surface area contributed by atoms with E-state index in [1.807, 2.05) is 12.1 Å². The van der Waals surface area contributed by atoms with Crippen molar-refractivity contribution in [3.63, 3.8) is 0 Å². The van der Waals surface area contributed by atoms with Crippen LogP contribution in [0.5, 0.6) is 0 Å². The van der Waals surface area contributed by atoms with Gasteiger partial charge in [0, 0.05) is 12.2 Å². The predicted octanol–water partition coefficient (Wildman–Crippen LogP) is 2.18. The average molecular weight is 313 g/mol. The quantitative estimate of drug-likeness (QED) is 0.414. The lowest BCUT2D eigenvalue weighted by atomic mass is 10.0. The Bertz CT molecular complexity index is 763. The zero-order valence-electron chi connectivity index (χ0n) is 12.3. The molecule has 0 saturated carbocycles. The Kier molecular flexibility index (Phi) is 4.60. The lowest BCUT2D eigenvalue weighted by molar-refractivity contribution is 0.804. The van der Waals surface area contributed by atoms with Crippen molar-refractivity contribution in [3.05, 3.63) is 53.9 Å². The van der Waals surface area contributed by atoms with E-state index in [0.717, 1.165) is 23.2 Å². The van der Waals surface area contributed by atoms with Crippen LogP contribution in [0.1, 0.15) is 17.8 Å². The second kappa shape index (κ2) is 6.81. The van der Waals surface area contributed by atoms with Gasteiger partial charge in [-0.25, -0.2) is 4.68 Å². The van der Waals surface area contributed by atoms with Crippen LogP contribution in [0, 0.1) is 0 Å². The van der Waals surface area contributed by atoms with Crippen molar-refractivity contribution in [1.29, 1.82) is 0 Å². The highest BCUT2D eigenvalue weighted by Crippen LogP contribution is 2.22. The Labute approximate surface area is 133 Å². The Morgan fingerprint density at radius 1 is 1.05 bits per heavy atom. The molecular weight excluding hydrogens is 294 g/mol. The van der Waals surface area contributed by atoms with E-state index in [9.17, 15) is 0 Å². The summed E-state index contributed by atoms with van der Waals surface area (Å²) >= 11 is 1.59. The van der Waals surface area contributed by atoms with Crippen molar-refractivity contribution >= 4 is 22.5 Å². The van der Waals surface area contributed by atoms with Crippen LogP contribution in [0.25, 0.3) is 10.8 Å². The zero-order valence-corrected chi connectivity index (χ0v) is 13.1. The van der Waals surface area contributed by atoms with E-state index in [1.165, 1.54) is 16.3 Å². The van der Waals surface area contributed by atoms with Gasteiger partial charge >= 0.3 is 0 Å². The van der Waals surface area contributed by atoms with Crippen molar-refractivity contribution < 1.29 is 0 Å². The molecule has 2 aromatic carbocycles. The number of thioether (sulfide) groups is 1. The molecule has 0 bridgehead atoms. The van der Waals surface area contributed by atoms with Gasteiger partial charge in [-0.15, -0.1) is 10.2 Å². The molecule has 3 aromatic rings. The van der Waals surface area contributed by atoms with Crippen LogP contribution in [-0.2, 0) is 6.42 Å². The van der Waals surface area contributed by atoms with Crippen molar-refractivity contribution in [3.8, 4) is 0 Å². The second-order valence-electron chi connectivity index (χ2n) is 5.07. The summed E-state index contributed by atoms with van der Waals surface area (Å²) in [5.74, 6) is 7.79. The van der Waals surface area contributed by atoms with E-state index in [1.54, 1.807) is 16.4 Å². The maximum Gasteiger partial charge on any atom is 0.209 e. The first-order valence-corrected chi connectivity index (χ1v) is 8.27. The summed E-state index contributed by atoms with van der Waals surface area (Å²) in [5.41, 5.74) is 6.71. The molecule has 1 aromatic heterocycles. The highest BCUT2D eigenvalue weighted by Gasteiger charge is 2.11. The van der Waals surface area contributed by atoms with Gasteiger partial charge in [0.25, 0.3) is 0 Å². The lowest BCUT2D eigenvalue weighted by Crippen LogP contribution is -2.14. The van der Waals surface area contributed by atoms with E-state index in [2.05, 4.69) is 40.5 Å². The number of rotatable bonds is 6. The smallest absolute Gasteiger partial charge is 0.209 e. The summed E-state index contributed by atoms with van der Waals surface area (Å²) in [5, 5.41) is 11.6. The number of hydrogen-bond acceptors (Lipinski definition) is 5. The fourth-order valence-corrected chi connectivity index (χ4v) is 3.23. The Morgan fingerprint density at radius 2 is 1.86 bits per heavy atom. The SMILES string of the molecule is NCCCSc1nnc(Cc2cccc3ccccc23)n1N. The molecule has 0 spiro atoms. The second-order valence-corrected chi connectivity index (χ2v) is 6.14. The first kappa shape index (κ1) is 14.9. The molecule has 6 heteroatoms. The van der Waals surface area contributed by atoms with E-state index >= 15 is 0 Å². The molecule has 0 aliphatic rings. The number of nitrogens with zero attached hydrogens (tertiary/aromatic N) is 3. The number of hydrogen-bond donors (Lipinski definition) is 2. The summed E-state index contributed by atoms with van der Waals surface area (Å²) in [6.45, 7) is 0.675. The van der Waals surface area contributed by atoms with Gasteiger partial charge in [-0.3, -0.25) is 0 Å². The van der Waals surface area contributed by atoms with Crippen LogP contribution in [0.15, 0.2) is 47.6 Å². The van der Waals surface area contributed by atoms with E-state index in [0.29, 0.717) is 13.0 Å². The van der Waals surface area contributed by atoms with Crippen LogP contribution in [0.3, 0.4) is 0 Å². The molecule has 22 heavy (non-hydrogen) atoms. The molecule has 0 saturated heterocycles. The summed E-state index contributed by atoms with van der Waals surface area (Å²) in [6, 6.07) is 14.6. The lowest BCUT2D eigenvalue weighted by Gasteiger charge is -2.07. The maximum atomic E-state index is 6.12. The topological polar surface area (TPSA) is 82.8 Å². The van der Waals surface area contributed by atoms with Crippen molar-refractivity contribution in [2.45, 2.75) is 18.0 Å². The highest BCUT2D eigenvalue weighted by atomic mass is 32.2. The maximum absolute atomic E-state index is 6.12. The monoisotopic (exact) mass is 313 g/mol. The Morgan fingerprint density at radius 3 is 2.73 bits per heavy atom. The zero-order chi connectivity index (χ0) is 15.4. The summed E-state index contributed by atoms with van der Waals surface area (Å²) in [4.78, 5) is 0. The first-order valence-electron chi connectivity index (χ1n) is 7.28. The van der Waals surface area contributed by atoms with Crippen LogP contribution in [0.4, 0.5) is 0 Å². The van der Waals surface area contributed by atoms with Crippen molar-refractivity contribution in [2.24, 2.45) is 5.73 Å². The average Bonchev–Trinajstić information content (AvgIpc) is 2.89. The Balaban J connectivity index is 1.83. The third kappa shape index (κ3) is 3.08. The molecule has 114 valence electrons. The summed E-state index contributed by atoms with van der Waals surface area (Å²) in [7, 11) is 0. The number of benzene rings is 2. The fourth-order valence-electron chi connectivity index (χ4n) is 2.39. The molecule has 0 atom stereocenters. The van der Waals surface area contributed by atoms with Gasteiger partial charge in [-0.2, -0.15) is 0 Å². The first-order chi connectivity index (χ1) is 10.8. The number of nitrogen functional groups attached to an aromatic ring is 1. The van der Waals surface area contributed by atoms with Gasteiger partial charge in [-0.05, 0) is 29.3 Å². The van der Waals surface area contributed by atoms with Crippen LogP contribution < -0.4 is 11.6 Å². The molecule has 0 aliphatic carbocycles. The van der Waals surface area contributed by atoms with E-state index in [-0.39, 0.29) is 0 Å². The minimum absolute atomic E-state index is 0.669. The van der Waals surface area contributed by atoms with Crippen molar-refractivity contribution in [2.75, 3.05) is 18.1 Å². The van der Waals surface area contributed by atoms with Gasteiger partial charge in [-0.1, -0.05) is 54.2 Å². The normalized spacial score (nSPS) is 11.1. The minimum atomic E-state index is 0.669. The molecule has 0 radical (unpaired) electrons. The third-order valence-electron chi connectivity index (χ3n) is 3.54. The molecule has 5 nitrogen and oxygen atoms in total. The van der Waals surface area contributed by atoms with Gasteiger partial charge in [0.15, 0.2) is 5.82 Å². The molecule has 0 amide bonds. The predicted molar refractivity (Wildman–Crippen MR) is 91.3 cm³/mol. The molecule has 1 heterocycles. The highest BCUT2D eigenvalue weighted by molar-refractivity contribution is 7.99. The summed E-state index contributed by atoms with van der Waals surface area (Å²) < 4.78 is 1.59. The van der Waals surface area contributed by atoms with E-state index < -0.39 is 0 Å². The molecule has 4 N–H and O–H groups in total. The minimum Gasteiger partial charge on any atom is -0.336 e. The molecule has 0 aliphatic heterocycles. The van der Waals surface area contributed by atoms with Crippen LogP contribution >= 0.6 is 11.8 Å². The molecule has 3 rings (SSSR count). The number of nitrogens with two attached hydrogens (primary N) is 2. The number of aromatic nitrogens is 3. The Hall–Kier alpha value is -2.05. The molecule has 0 fully saturated rings. The van der Waals surface area contributed by atoms with Gasteiger partial charge < -0.3 is 11.6 Å². The van der Waals surface area contributed by atoms with E-state index in [4.69, 9.17) is 11.6 Å². The number of fused-ring (bicyclic) bond motifs is 1. The largest absolute Gasteiger partial charge is 0.336 e. The summed E-state index contributed by atoms with van der Waals surface area (Å²) in [6.07, 6.45) is 1.61. The standard InChI is InChI=1S/C16H19N5S/c17-9-4-10-22-16-20-19-15(21(16)18)11-13-7-3-6-12-5-1-2-8-14(12)13/h1-3,5-8H,4,9-11,17-18H2. The van der Waals surface area contributed by atoms with Gasteiger partial charge in [0.2, 0.25) is 5.16 Å². The van der Waals surface area contributed by atoms with Gasteiger partial charge in [0.1, 0.15) is 0 Å². The van der Waals surface area contributed by atoms with Gasteiger partial charge in [0.05, 0.1) is 0 Å². The van der Waals surface area contributed by atoms with Crippen LogP contribution in [0.2, 0.25) is 0 Å². The fraction of sp³-hybridized carbons (Fsp3) is 0.250. The molecular formula is C16H19N5S. The molecule has 0 unspecified atom stereocenters. The third-order valence-corrected chi connectivity index (χ3v) is 4.57.